The number of oxazole rings is 1. The predicted octanol–water partition coefficient (Wildman–Crippen LogP) is 2.54. The van der Waals surface area contributed by atoms with Crippen LogP contribution in [0.25, 0.3) is 11.5 Å². The maximum Gasteiger partial charge on any atom is 0.273 e. The van der Waals surface area contributed by atoms with Crippen LogP contribution in [0, 0.1) is 6.92 Å². The molecule has 0 bridgehead atoms. The van der Waals surface area contributed by atoms with Crippen LogP contribution in [0.2, 0.25) is 0 Å². The number of carbonyl (C=O) groups is 1. The summed E-state index contributed by atoms with van der Waals surface area (Å²) >= 11 is 0. The van der Waals surface area contributed by atoms with Crippen molar-refractivity contribution in [3.63, 3.8) is 0 Å². The van der Waals surface area contributed by atoms with Crippen LogP contribution in [0.4, 0.5) is 0 Å². The van der Waals surface area contributed by atoms with Gasteiger partial charge < -0.3 is 9.73 Å². The molecule has 0 spiro atoms. The Labute approximate surface area is 105 Å². The summed E-state index contributed by atoms with van der Waals surface area (Å²) in [6.07, 6.45) is 2.13. The van der Waals surface area contributed by atoms with E-state index < -0.39 is 0 Å². The first kappa shape index (κ1) is 11.0. The summed E-state index contributed by atoms with van der Waals surface area (Å²) in [7, 11) is 0. The maximum absolute atomic E-state index is 11.9. The highest BCUT2D eigenvalue weighted by Crippen LogP contribution is 2.23. The summed E-state index contributed by atoms with van der Waals surface area (Å²) < 4.78 is 5.55. The van der Waals surface area contributed by atoms with Crippen LogP contribution in [-0.4, -0.2) is 16.9 Å². The second-order valence-corrected chi connectivity index (χ2v) is 4.54. The molecule has 2 aromatic rings. The van der Waals surface area contributed by atoms with Crippen molar-refractivity contribution < 1.29 is 9.21 Å². The third-order valence-corrected chi connectivity index (χ3v) is 2.94. The molecule has 1 aliphatic carbocycles. The lowest BCUT2D eigenvalue weighted by Gasteiger charge is -1.98. The number of nitrogens with zero attached hydrogens (tertiary/aromatic N) is 1. The molecule has 0 aliphatic heterocycles. The van der Waals surface area contributed by atoms with Crippen molar-refractivity contribution in [3.8, 4) is 11.5 Å². The van der Waals surface area contributed by atoms with Crippen molar-refractivity contribution in [1.82, 2.24) is 10.3 Å². The summed E-state index contributed by atoms with van der Waals surface area (Å²) in [6.45, 7) is 1.77. The Morgan fingerprint density at radius 1 is 1.33 bits per heavy atom. The smallest absolute Gasteiger partial charge is 0.273 e. The van der Waals surface area contributed by atoms with E-state index in [0.717, 1.165) is 18.4 Å². The van der Waals surface area contributed by atoms with Crippen molar-refractivity contribution in [3.05, 3.63) is 41.8 Å². The fourth-order valence-electron chi connectivity index (χ4n) is 1.79. The largest absolute Gasteiger partial charge is 0.441 e. The van der Waals surface area contributed by atoms with Gasteiger partial charge in [-0.05, 0) is 31.9 Å². The Balaban J connectivity index is 1.88. The molecule has 1 amide bonds. The SMILES string of the molecule is Cc1oc(-c2ccccc2)nc1C(=O)NC1CC1. The van der Waals surface area contributed by atoms with Gasteiger partial charge in [-0.25, -0.2) is 4.98 Å². The number of hydrogen-bond donors (Lipinski definition) is 1. The highest BCUT2D eigenvalue weighted by molar-refractivity contribution is 5.94. The van der Waals surface area contributed by atoms with Crippen LogP contribution < -0.4 is 5.32 Å². The molecule has 0 radical (unpaired) electrons. The molecule has 0 atom stereocenters. The lowest BCUT2D eigenvalue weighted by Crippen LogP contribution is -2.26. The van der Waals surface area contributed by atoms with E-state index in [0.29, 0.717) is 23.4 Å². The minimum Gasteiger partial charge on any atom is -0.441 e. The zero-order valence-electron chi connectivity index (χ0n) is 10.1. The molecule has 1 fully saturated rings. The normalized spacial score (nSPS) is 14.5. The summed E-state index contributed by atoms with van der Waals surface area (Å²) in [5.74, 6) is 0.919. The molecule has 3 rings (SSSR count). The molecule has 92 valence electrons. The van der Waals surface area contributed by atoms with Crippen molar-refractivity contribution in [2.45, 2.75) is 25.8 Å². The Hall–Kier alpha value is -2.10. The monoisotopic (exact) mass is 242 g/mol. The fraction of sp³-hybridized carbons (Fsp3) is 0.286. The molecule has 1 aromatic carbocycles. The van der Waals surface area contributed by atoms with Crippen LogP contribution in [0.1, 0.15) is 29.1 Å². The fourth-order valence-corrected chi connectivity index (χ4v) is 1.79. The molecule has 0 saturated heterocycles. The van der Waals surface area contributed by atoms with E-state index in [4.69, 9.17) is 4.42 Å². The second kappa shape index (κ2) is 4.29. The van der Waals surface area contributed by atoms with Gasteiger partial charge in [0, 0.05) is 11.6 Å². The van der Waals surface area contributed by atoms with Gasteiger partial charge in [0.15, 0.2) is 5.69 Å². The molecular formula is C14H14N2O2. The van der Waals surface area contributed by atoms with E-state index in [1.807, 2.05) is 30.3 Å². The van der Waals surface area contributed by atoms with Crippen LogP contribution in [0.3, 0.4) is 0 Å². The zero-order valence-corrected chi connectivity index (χ0v) is 10.1. The number of hydrogen-bond acceptors (Lipinski definition) is 3. The molecular weight excluding hydrogens is 228 g/mol. The average Bonchev–Trinajstić information content (AvgIpc) is 3.10. The highest BCUT2D eigenvalue weighted by atomic mass is 16.4. The van der Waals surface area contributed by atoms with Crippen LogP contribution in [0.5, 0.6) is 0 Å². The van der Waals surface area contributed by atoms with E-state index >= 15 is 0 Å². The van der Waals surface area contributed by atoms with Crippen molar-refractivity contribution in [1.29, 1.82) is 0 Å². The van der Waals surface area contributed by atoms with Crippen LogP contribution in [-0.2, 0) is 0 Å². The number of rotatable bonds is 3. The topological polar surface area (TPSA) is 55.1 Å². The molecule has 0 unspecified atom stereocenters. The van der Waals surface area contributed by atoms with Gasteiger partial charge in [0.2, 0.25) is 5.89 Å². The molecule has 18 heavy (non-hydrogen) atoms. The lowest BCUT2D eigenvalue weighted by atomic mass is 10.2. The molecule has 4 heteroatoms. The number of carbonyl (C=O) groups excluding carboxylic acids is 1. The van der Waals surface area contributed by atoms with E-state index in [-0.39, 0.29) is 5.91 Å². The van der Waals surface area contributed by atoms with Gasteiger partial charge >= 0.3 is 0 Å². The first-order valence-corrected chi connectivity index (χ1v) is 6.08. The maximum atomic E-state index is 11.9. The quantitative estimate of drug-likeness (QED) is 0.899. The number of nitrogens with one attached hydrogen (secondary N) is 1. The van der Waals surface area contributed by atoms with Gasteiger partial charge in [-0.15, -0.1) is 0 Å². The first-order chi connectivity index (χ1) is 8.74. The average molecular weight is 242 g/mol. The standard InChI is InChI=1S/C14H14N2O2/c1-9-12(13(17)15-11-7-8-11)16-14(18-9)10-5-3-2-4-6-10/h2-6,11H,7-8H2,1H3,(H,15,17). The van der Waals surface area contributed by atoms with Crippen LogP contribution in [0.15, 0.2) is 34.7 Å². The molecule has 1 aromatic heterocycles. The van der Waals surface area contributed by atoms with Crippen molar-refractivity contribution >= 4 is 5.91 Å². The summed E-state index contributed by atoms with van der Waals surface area (Å²) in [6, 6.07) is 9.91. The number of aryl methyl sites for hydroxylation is 1. The van der Waals surface area contributed by atoms with Crippen molar-refractivity contribution in [2.75, 3.05) is 0 Å². The van der Waals surface area contributed by atoms with Gasteiger partial charge in [-0.3, -0.25) is 4.79 Å². The molecule has 1 saturated carbocycles. The van der Waals surface area contributed by atoms with E-state index in [9.17, 15) is 4.79 Å². The molecule has 1 N–H and O–H groups in total. The second-order valence-electron chi connectivity index (χ2n) is 4.54. The summed E-state index contributed by atoms with van der Waals surface area (Å²) in [4.78, 5) is 16.2. The van der Waals surface area contributed by atoms with Crippen LogP contribution >= 0.6 is 0 Å². The minimum atomic E-state index is -0.138. The van der Waals surface area contributed by atoms with Crippen molar-refractivity contribution in [2.24, 2.45) is 0 Å². The third-order valence-electron chi connectivity index (χ3n) is 2.94. The van der Waals surface area contributed by atoms with E-state index in [1.54, 1.807) is 6.92 Å². The Bertz CT molecular complexity index is 571. The first-order valence-electron chi connectivity index (χ1n) is 6.08. The number of benzene rings is 1. The van der Waals surface area contributed by atoms with Gasteiger partial charge in [0.25, 0.3) is 5.91 Å². The molecule has 4 nitrogen and oxygen atoms in total. The van der Waals surface area contributed by atoms with Gasteiger partial charge in [0.05, 0.1) is 0 Å². The minimum absolute atomic E-state index is 0.138. The summed E-state index contributed by atoms with van der Waals surface area (Å²) in [5.41, 5.74) is 1.27. The molecule has 1 aliphatic rings. The van der Waals surface area contributed by atoms with Gasteiger partial charge in [-0.1, -0.05) is 18.2 Å². The third kappa shape index (κ3) is 2.14. The highest BCUT2D eigenvalue weighted by Gasteiger charge is 2.26. The van der Waals surface area contributed by atoms with E-state index in [1.165, 1.54) is 0 Å². The number of aromatic nitrogens is 1. The lowest BCUT2D eigenvalue weighted by molar-refractivity contribution is 0.0945. The Morgan fingerprint density at radius 3 is 2.72 bits per heavy atom. The Morgan fingerprint density at radius 2 is 2.06 bits per heavy atom. The van der Waals surface area contributed by atoms with Gasteiger partial charge in [0.1, 0.15) is 5.76 Å². The number of amides is 1. The summed E-state index contributed by atoms with van der Waals surface area (Å²) in [5, 5.41) is 2.91. The van der Waals surface area contributed by atoms with Gasteiger partial charge in [-0.2, -0.15) is 0 Å². The van der Waals surface area contributed by atoms with E-state index in [2.05, 4.69) is 10.3 Å². The predicted molar refractivity (Wildman–Crippen MR) is 67.2 cm³/mol. The molecule has 1 heterocycles. The Kier molecular flexibility index (Phi) is 2.63. The zero-order chi connectivity index (χ0) is 12.5.